The Hall–Kier alpha value is -0.573. The van der Waals surface area contributed by atoms with Crippen molar-refractivity contribution in [3.8, 4) is 0 Å². The third-order valence-corrected chi connectivity index (χ3v) is 1.72. The molecule has 8 heavy (non-hydrogen) atoms. The van der Waals surface area contributed by atoms with Gasteiger partial charge in [0.05, 0.1) is 5.69 Å². The molecule has 0 atom stereocenters. The van der Waals surface area contributed by atoms with E-state index in [1.165, 1.54) is 0 Å². The van der Waals surface area contributed by atoms with Crippen LogP contribution in [0.1, 0.15) is 11.5 Å². The Morgan fingerprint density at radius 2 is 2.62 bits per heavy atom. The fourth-order valence-electron chi connectivity index (χ4n) is 0.583. The normalized spacial score (nSPS) is 10.1. The summed E-state index contributed by atoms with van der Waals surface area (Å²) in [7, 11) is 1.16. The van der Waals surface area contributed by atoms with Gasteiger partial charge in [0.1, 0.15) is 5.76 Å². The Labute approximate surface area is 51.3 Å². The molecule has 0 amide bonds. The summed E-state index contributed by atoms with van der Waals surface area (Å²) in [6.45, 7) is 1.93. The lowest BCUT2D eigenvalue weighted by Gasteiger charge is -1.76. The van der Waals surface area contributed by atoms with E-state index in [-0.39, 0.29) is 0 Å². The van der Waals surface area contributed by atoms with Gasteiger partial charge in [-0.15, -0.1) is 0 Å². The highest BCUT2D eigenvalue weighted by molar-refractivity contribution is 6.08. The van der Waals surface area contributed by atoms with Crippen molar-refractivity contribution in [3.63, 3.8) is 0 Å². The molecule has 0 unspecified atom stereocenters. The van der Waals surface area contributed by atoms with Crippen LogP contribution in [0.3, 0.4) is 0 Å². The zero-order chi connectivity index (χ0) is 5.98. The molecule has 0 aliphatic rings. The third-order valence-electron chi connectivity index (χ3n) is 1.03. The predicted molar refractivity (Wildman–Crippen MR) is 34.9 cm³/mol. The molecular formula is C5H9NOSi. The molecule has 0 saturated carbocycles. The Bertz CT molecular complexity index is 173. The Kier molecular flexibility index (Phi) is 1.48. The number of nitrogens with zero attached hydrogens (tertiary/aromatic N) is 1. The zero-order valence-corrected chi connectivity index (χ0v) is 7.14. The molecule has 0 fully saturated rings. The van der Waals surface area contributed by atoms with Gasteiger partial charge in [-0.25, -0.2) is 0 Å². The summed E-state index contributed by atoms with van der Waals surface area (Å²) >= 11 is 0. The minimum Gasteiger partial charge on any atom is -0.362 e. The number of hydrogen-bond acceptors (Lipinski definition) is 2. The van der Waals surface area contributed by atoms with Gasteiger partial charge in [-0.3, -0.25) is 0 Å². The lowest BCUT2D eigenvalue weighted by molar-refractivity contribution is 0.390. The van der Waals surface area contributed by atoms with Gasteiger partial charge in [-0.2, -0.15) is 0 Å². The van der Waals surface area contributed by atoms with Gasteiger partial charge in [0, 0.05) is 16.3 Å². The van der Waals surface area contributed by atoms with Crippen molar-refractivity contribution >= 4 is 10.2 Å². The highest BCUT2D eigenvalue weighted by Gasteiger charge is 1.93. The molecule has 1 heterocycles. The predicted octanol–water partition coefficient (Wildman–Crippen LogP) is -0.152. The lowest BCUT2D eigenvalue weighted by atomic mass is 10.4. The van der Waals surface area contributed by atoms with Crippen molar-refractivity contribution in [2.24, 2.45) is 0 Å². The summed E-state index contributed by atoms with van der Waals surface area (Å²) in [5, 5.41) is 3.73. The van der Waals surface area contributed by atoms with E-state index in [1.54, 1.807) is 0 Å². The molecule has 0 saturated heterocycles. The minimum absolute atomic E-state index is 0.982. The Morgan fingerprint density at radius 1 is 1.88 bits per heavy atom. The van der Waals surface area contributed by atoms with Crippen LogP contribution < -0.4 is 0 Å². The van der Waals surface area contributed by atoms with Crippen LogP contribution in [0, 0.1) is 6.92 Å². The van der Waals surface area contributed by atoms with Crippen molar-refractivity contribution in [1.82, 2.24) is 5.16 Å². The van der Waals surface area contributed by atoms with Gasteiger partial charge >= 0.3 is 0 Å². The average Bonchev–Trinajstić information content (AvgIpc) is 2.14. The van der Waals surface area contributed by atoms with Crippen molar-refractivity contribution in [2.75, 3.05) is 0 Å². The standard InChI is InChI=1S/C5H9NOSi/c1-4-2-5(3-8)7-6-4/h2H,3H2,1,8H3. The summed E-state index contributed by atoms with van der Waals surface area (Å²) < 4.78 is 4.90. The Balaban J connectivity index is 2.84. The van der Waals surface area contributed by atoms with Gasteiger partial charge in [0.15, 0.2) is 0 Å². The summed E-state index contributed by atoms with van der Waals surface area (Å²) in [6.07, 6.45) is 0. The maximum atomic E-state index is 4.90. The van der Waals surface area contributed by atoms with Gasteiger partial charge in [0.2, 0.25) is 0 Å². The van der Waals surface area contributed by atoms with Gasteiger partial charge in [-0.05, 0) is 13.0 Å². The first-order valence-electron chi connectivity index (χ1n) is 2.75. The van der Waals surface area contributed by atoms with Crippen LogP contribution in [-0.4, -0.2) is 15.4 Å². The van der Waals surface area contributed by atoms with E-state index >= 15 is 0 Å². The van der Waals surface area contributed by atoms with Gasteiger partial charge < -0.3 is 4.52 Å². The fraction of sp³-hybridized carbons (Fsp3) is 0.400. The second-order valence-corrected chi connectivity index (χ2v) is 2.50. The molecule has 0 N–H and O–H groups in total. The van der Waals surface area contributed by atoms with E-state index in [0.717, 1.165) is 27.7 Å². The molecule has 0 radical (unpaired) electrons. The monoisotopic (exact) mass is 127 g/mol. The largest absolute Gasteiger partial charge is 0.362 e. The summed E-state index contributed by atoms with van der Waals surface area (Å²) in [5.74, 6) is 1.02. The van der Waals surface area contributed by atoms with Crippen molar-refractivity contribution in [3.05, 3.63) is 17.5 Å². The molecule has 1 rings (SSSR count). The third kappa shape index (κ3) is 0.978. The van der Waals surface area contributed by atoms with E-state index < -0.39 is 0 Å². The van der Waals surface area contributed by atoms with Crippen molar-refractivity contribution in [2.45, 2.75) is 13.0 Å². The number of aryl methyl sites for hydroxylation is 1. The maximum absolute atomic E-state index is 4.90. The molecule has 1 aromatic heterocycles. The molecule has 1 aromatic rings. The van der Waals surface area contributed by atoms with Crippen LogP contribution in [-0.2, 0) is 6.04 Å². The van der Waals surface area contributed by atoms with Crippen molar-refractivity contribution < 1.29 is 4.52 Å². The van der Waals surface area contributed by atoms with Crippen LogP contribution in [0.2, 0.25) is 0 Å². The second-order valence-electron chi connectivity index (χ2n) is 1.79. The molecule has 0 aliphatic heterocycles. The Morgan fingerprint density at radius 3 is 2.88 bits per heavy atom. The summed E-state index contributed by atoms with van der Waals surface area (Å²) in [6, 6.07) is 3.05. The van der Waals surface area contributed by atoms with Crippen LogP contribution in [0.15, 0.2) is 10.6 Å². The first-order valence-corrected chi connectivity index (χ1v) is 4.16. The van der Waals surface area contributed by atoms with E-state index in [0.29, 0.717) is 0 Å². The van der Waals surface area contributed by atoms with E-state index in [2.05, 4.69) is 5.16 Å². The number of hydrogen-bond donors (Lipinski definition) is 0. The topological polar surface area (TPSA) is 26.0 Å². The molecule has 0 aliphatic carbocycles. The minimum atomic E-state index is 0.982. The summed E-state index contributed by atoms with van der Waals surface area (Å²) in [4.78, 5) is 0. The lowest BCUT2D eigenvalue weighted by Crippen LogP contribution is -1.74. The highest BCUT2D eigenvalue weighted by atomic mass is 28.1. The number of aromatic nitrogens is 1. The van der Waals surface area contributed by atoms with E-state index in [1.807, 2.05) is 13.0 Å². The first-order chi connectivity index (χ1) is 3.83. The fourth-order valence-corrected chi connectivity index (χ4v) is 0.916. The van der Waals surface area contributed by atoms with Crippen molar-refractivity contribution in [1.29, 1.82) is 0 Å². The quantitative estimate of drug-likeness (QED) is 0.490. The highest BCUT2D eigenvalue weighted by Crippen LogP contribution is 1.99. The zero-order valence-electron chi connectivity index (χ0n) is 5.14. The van der Waals surface area contributed by atoms with E-state index in [9.17, 15) is 0 Å². The first kappa shape index (κ1) is 5.56. The average molecular weight is 127 g/mol. The molecule has 0 spiro atoms. The van der Waals surface area contributed by atoms with E-state index in [4.69, 9.17) is 4.52 Å². The number of rotatable bonds is 1. The molecule has 0 bridgehead atoms. The van der Waals surface area contributed by atoms with Crippen LogP contribution in [0.4, 0.5) is 0 Å². The molecule has 3 heteroatoms. The summed E-state index contributed by atoms with van der Waals surface area (Å²) in [5.41, 5.74) is 0.982. The SMILES string of the molecule is Cc1cc(C[SiH3])on1. The van der Waals surface area contributed by atoms with Crippen LogP contribution in [0.25, 0.3) is 0 Å². The second kappa shape index (κ2) is 2.13. The maximum Gasteiger partial charge on any atom is 0.133 e. The molecule has 0 aromatic carbocycles. The molecule has 44 valence electrons. The van der Waals surface area contributed by atoms with Gasteiger partial charge in [-0.1, -0.05) is 5.16 Å². The van der Waals surface area contributed by atoms with Gasteiger partial charge in [0.25, 0.3) is 0 Å². The smallest absolute Gasteiger partial charge is 0.133 e. The van der Waals surface area contributed by atoms with Crippen LogP contribution >= 0.6 is 0 Å². The van der Waals surface area contributed by atoms with Crippen LogP contribution in [0.5, 0.6) is 0 Å². The molecular weight excluding hydrogens is 118 g/mol. The molecule has 2 nitrogen and oxygen atoms in total.